The molecule has 2 N–H and O–H groups in total. The van der Waals surface area contributed by atoms with Crippen molar-refractivity contribution in [3.63, 3.8) is 0 Å². The van der Waals surface area contributed by atoms with E-state index >= 15 is 0 Å². The van der Waals surface area contributed by atoms with Gasteiger partial charge in [0.1, 0.15) is 22.5 Å². The normalized spacial score (nSPS) is 17.7. The molecule has 3 heterocycles. The first-order valence-corrected chi connectivity index (χ1v) is 8.90. The third-order valence-corrected chi connectivity index (χ3v) is 5.24. The molecule has 0 saturated carbocycles. The van der Waals surface area contributed by atoms with Crippen LogP contribution in [0.4, 0.5) is 5.82 Å². The molecule has 1 aliphatic rings. The summed E-state index contributed by atoms with van der Waals surface area (Å²) in [5.41, 5.74) is 1.17. The minimum absolute atomic E-state index is 0.0455. The van der Waals surface area contributed by atoms with Gasteiger partial charge in [-0.3, -0.25) is 4.79 Å². The number of benzene rings is 1. The zero-order chi connectivity index (χ0) is 16.5. The molecule has 3 aromatic rings. The highest BCUT2D eigenvalue weighted by atomic mass is 32.1. The van der Waals surface area contributed by atoms with E-state index in [0.717, 1.165) is 40.3 Å². The maximum atomic E-state index is 12.0. The Hall–Kier alpha value is -2.47. The monoisotopic (exact) mass is 338 g/mol. The fourth-order valence-electron chi connectivity index (χ4n) is 2.96. The quantitative estimate of drug-likeness (QED) is 0.768. The molecule has 0 aliphatic carbocycles. The second-order valence-electron chi connectivity index (χ2n) is 5.95. The summed E-state index contributed by atoms with van der Waals surface area (Å²) in [7, 11) is 0. The van der Waals surface area contributed by atoms with Crippen molar-refractivity contribution >= 4 is 33.3 Å². The van der Waals surface area contributed by atoms with Crippen molar-refractivity contribution in [3.8, 4) is 10.4 Å². The highest BCUT2D eigenvalue weighted by molar-refractivity contribution is 7.21. The summed E-state index contributed by atoms with van der Waals surface area (Å²) in [6.45, 7) is 2.64. The molecule has 1 aromatic carbocycles. The largest absolute Gasteiger partial charge is 0.358 e. The minimum atomic E-state index is -0.226. The van der Waals surface area contributed by atoms with Crippen LogP contribution in [0.2, 0.25) is 0 Å². The molecule has 1 atom stereocenters. The van der Waals surface area contributed by atoms with Gasteiger partial charge in [0.2, 0.25) is 5.91 Å². The predicted octanol–water partition coefficient (Wildman–Crippen LogP) is 3.36. The van der Waals surface area contributed by atoms with E-state index in [-0.39, 0.29) is 11.9 Å². The number of rotatable bonds is 3. The Bertz CT molecular complexity index is 891. The van der Waals surface area contributed by atoms with Gasteiger partial charge in [0.25, 0.3) is 0 Å². The molecular formula is C18H18N4OS. The van der Waals surface area contributed by atoms with Gasteiger partial charge in [0.15, 0.2) is 0 Å². The van der Waals surface area contributed by atoms with Gasteiger partial charge in [0.05, 0.1) is 5.39 Å². The molecule has 1 unspecified atom stereocenters. The lowest BCUT2D eigenvalue weighted by Crippen LogP contribution is -2.44. The molecule has 4 rings (SSSR count). The Balaban J connectivity index is 1.74. The molecule has 5 nitrogen and oxygen atoms in total. The molecule has 122 valence electrons. The minimum Gasteiger partial charge on any atom is -0.358 e. The number of aryl methyl sites for hydroxylation is 1. The number of carbonyl (C=O) groups is 1. The lowest BCUT2D eigenvalue weighted by Gasteiger charge is -2.23. The molecule has 1 amide bonds. The molecular weight excluding hydrogens is 320 g/mol. The van der Waals surface area contributed by atoms with Crippen LogP contribution in [0.5, 0.6) is 0 Å². The van der Waals surface area contributed by atoms with Gasteiger partial charge in [0, 0.05) is 11.4 Å². The van der Waals surface area contributed by atoms with Crippen molar-refractivity contribution in [2.75, 3.05) is 11.9 Å². The fourth-order valence-corrected chi connectivity index (χ4v) is 4.04. The number of amides is 1. The smallest absolute Gasteiger partial charge is 0.242 e. The van der Waals surface area contributed by atoms with Crippen molar-refractivity contribution in [2.24, 2.45) is 0 Å². The summed E-state index contributed by atoms with van der Waals surface area (Å²) in [6, 6.07) is 12.1. The maximum Gasteiger partial charge on any atom is 0.242 e. The number of nitrogens with one attached hydrogen (secondary N) is 2. The highest BCUT2D eigenvalue weighted by Gasteiger charge is 2.23. The lowest BCUT2D eigenvalue weighted by atomic mass is 10.1. The standard InChI is InChI=1S/C18H18N4OS/c1-11-20-16(22-14-8-5-9-19-17(14)23)13-10-15(24-18(13)21-11)12-6-3-2-4-7-12/h2-4,6-7,10,14H,5,8-9H2,1H3,(H,19,23)(H,20,21,22). The van der Waals surface area contributed by atoms with Crippen LogP contribution in [-0.4, -0.2) is 28.5 Å². The first-order valence-electron chi connectivity index (χ1n) is 8.08. The molecule has 1 fully saturated rings. The Kier molecular flexibility index (Phi) is 3.90. The van der Waals surface area contributed by atoms with Crippen molar-refractivity contribution < 1.29 is 4.79 Å². The third kappa shape index (κ3) is 2.85. The summed E-state index contributed by atoms with van der Waals surface area (Å²) in [6.07, 6.45) is 1.81. The summed E-state index contributed by atoms with van der Waals surface area (Å²) in [5.74, 6) is 1.50. The van der Waals surface area contributed by atoms with Gasteiger partial charge in [-0.2, -0.15) is 0 Å². The topological polar surface area (TPSA) is 66.9 Å². The zero-order valence-corrected chi connectivity index (χ0v) is 14.2. The molecule has 24 heavy (non-hydrogen) atoms. The van der Waals surface area contributed by atoms with Crippen LogP contribution in [0.3, 0.4) is 0 Å². The van der Waals surface area contributed by atoms with E-state index in [1.54, 1.807) is 11.3 Å². The van der Waals surface area contributed by atoms with Gasteiger partial charge < -0.3 is 10.6 Å². The van der Waals surface area contributed by atoms with E-state index in [1.165, 1.54) is 5.56 Å². The number of piperidine rings is 1. The van der Waals surface area contributed by atoms with Crippen LogP contribution in [0.15, 0.2) is 36.4 Å². The predicted molar refractivity (Wildman–Crippen MR) is 97.2 cm³/mol. The molecule has 0 radical (unpaired) electrons. The van der Waals surface area contributed by atoms with E-state index in [2.05, 4.69) is 38.8 Å². The number of fused-ring (bicyclic) bond motifs is 1. The Labute approximate surface area is 144 Å². The summed E-state index contributed by atoms with van der Waals surface area (Å²) >= 11 is 1.65. The van der Waals surface area contributed by atoms with Crippen molar-refractivity contribution in [1.82, 2.24) is 15.3 Å². The van der Waals surface area contributed by atoms with E-state index < -0.39 is 0 Å². The van der Waals surface area contributed by atoms with Crippen LogP contribution >= 0.6 is 11.3 Å². The summed E-state index contributed by atoms with van der Waals surface area (Å²) in [5, 5.41) is 7.20. The van der Waals surface area contributed by atoms with Gasteiger partial charge in [-0.05, 0) is 31.4 Å². The second-order valence-corrected chi connectivity index (χ2v) is 6.98. The Morgan fingerprint density at radius 2 is 2.08 bits per heavy atom. The van der Waals surface area contributed by atoms with Gasteiger partial charge >= 0.3 is 0 Å². The molecule has 0 spiro atoms. The average Bonchev–Trinajstić information content (AvgIpc) is 3.02. The molecule has 0 bridgehead atoms. The number of thiophene rings is 1. The number of anilines is 1. The molecule has 6 heteroatoms. The van der Waals surface area contributed by atoms with Gasteiger partial charge in [-0.1, -0.05) is 30.3 Å². The SMILES string of the molecule is Cc1nc(NC2CCCNC2=O)c2cc(-c3ccccc3)sc2n1. The summed E-state index contributed by atoms with van der Waals surface area (Å²) < 4.78 is 0. The van der Waals surface area contributed by atoms with Crippen molar-refractivity contribution in [1.29, 1.82) is 0 Å². The van der Waals surface area contributed by atoms with Gasteiger partial charge in [-0.15, -0.1) is 11.3 Å². The van der Waals surface area contributed by atoms with Crippen LogP contribution in [0, 0.1) is 6.92 Å². The summed E-state index contributed by atoms with van der Waals surface area (Å²) in [4.78, 5) is 23.2. The van der Waals surface area contributed by atoms with Crippen molar-refractivity contribution in [2.45, 2.75) is 25.8 Å². The first kappa shape index (κ1) is 15.1. The fraction of sp³-hybridized carbons (Fsp3) is 0.278. The van der Waals surface area contributed by atoms with E-state index in [4.69, 9.17) is 0 Å². The van der Waals surface area contributed by atoms with E-state index in [1.807, 2.05) is 25.1 Å². The Morgan fingerprint density at radius 1 is 1.25 bits per heavy atom. The zero-order valence-electron chi connectivity index (χ0n) is 13.4. The average molecular weight is 338 g/mol. The lowest BCUT2D eigenvalue weighted by molar-refractivity contribution is -0.123. The molecule has 2 aromatic heterocycles. The number of carbonyl (C=O) groups excluding carboxylic acids is 1. The number of hydrogen-bond acceptors (Lipinski definition) is 5. The van der Waals surface area contributed by atoms with Crippen LogP contribution in [0.1, 0.15) is 18.7 Å². The van der Waals surface area contributed by atoms with Crippen LogP contribution in [0.25, 0.3) is 20.7 Å². The number of aromatic nitrogens is 2. The number of nitrogens with zero attached hydrogens (tertiary/aromatic N) is 2. The van der Waals surface area contributed by atoms with E-state index in [0.29, 0.717) is 5.82 Å². The first-order chi connectivity index (χ1) is 11.7. The maximum absolute atomic E-state index is 12.0. The molecule has 1 aliphatic heterocycles. The second kappa shape index (κ2) is 6.20. The van der Waals surface area contributed by atoms with Gasteiger partial charge in [-0.25, -0.2) is 9.97 Å². The van der Waals surface area contributed by atoms with Crippen LogP contribution < -0.4 is 10.6 Å². The highest BCUT2D eigenvalue weighted by Crippen LogP contribution is 2.35. The van der Waals surface area contributed by atoms with E-state index in [9.17, 15) is 4.79 Å². The van der Waals surface area contributed by atoms with Crippen molar-refractivity contribution in [3.05, 3.63) is 42.2 Å². The Morgan fingerprint density at radius 3 is 2.88 bits per heavy atom. The van der Waals surface area contributed by atoms with Crippen LogP contribution in [-0.2, 0) is 4.79 Å². The third-order valence-electron chi connectivity index (χ3n) is 4.16. The molecule has 1 saturated heterocycles. The number of hydrogen-bond donors (Lipinski definition) is 2.